The Morgan fingerprint density at radius 2 is 1.84 bits per heavy atom. The first-order valence-electron chi connectivity index (χ1n) is 9.80. The van der Waals surface area contributed by atoms with Crippen LogP contribution in [0, 0.1) is 0 Å². The summed E-state index contributed by atoms with van der Waals surface area (Å²) in [5.74, 6) is -0.756. The van der Waals surface area contributed by atoms with Crippen LogP contribution in [0.5, 0.6) is 0 Å². The quantitative estimate of drug-likeness (QED) is 0.522. The van der Waals surface area contributed by atoms with Crippen molar-refractivity contribution in [2.45, 2.75) is 18.9 Å². The predicted molar refractivity (Wildman–Crippen MR) is 123 cm³/mol. The van der Waals surface area contributed by atoms with Gasteiger partial charge in [0.2, 0.25) is 5.91 Å². The third-order valence-electron chi connectivity index (χ3n) is 5.00. The molecule has 4 rings (SSSR count). The molecule has 31 heavy (non-hydrogen) atoms. The molecule has 1 fully saturated rings. The number of carbonyl (C=O) groups is 3. The summed E-state index contributed by atoms with van der Waals surface area (Å²) in [7, 11) is 0. The average molecular weight is 454 g/mol. The van der Waals surface area contributed by atoms with E-state index >= 15 is 0 Å². The van der Waals surface area contributed by atoms with E-state index < -0.39 is 18.0 Å². The second kappa shape index (κ2) is 9.32. The highest BCUT2D eigenvalue weighted by Gasteiger charge is 2.46. The lowest BCUT2D eigenvalue weighted by molar-refractivity contribution is -0.124. The van der Waals surface area contributed by atoms with Gasteiger partial charge in [-0.1, -0.05) is 41.9 Å². The molecule has 2 heterocycles. The Labute approximate surface area is 189 Å². The van der Waals surface area contributed by atoms with Crippen molar-refractivity contribution in [1.29, 1.82) is 0 Å². The molecule has 3 aromatic rings. The van der Waals surface area contributed by atoms with Crippen LogP contribution >= 0.6 is 22.9 Å². The first kappa shape index (κ1) is 21.1. The zero-order valence-electron chi connectivity index (χ0n) is 16.5. The van der Waals surface area contributed by atoms with Crippen LogP contribution < -0.4 is 10.2 Å². The number of para-hydroxylation sites is 1. The van der Waals surface area contributed by atoms with Crippen molar-refractivity contribution in [2.75, 3.05) is 16.8 Å². The normalized spacial score (nSPS) is 16.1. The smallest absolute Gasteiger partial charge is 0.326 e. The van der Waals surface area contributed by atoms with E-state index in [9.17, 15) is 14.4 Å². The number of hydrogen-bond donors (Lipinski definition) is 1. The predicted octanol–water partition coefficient (Wildman–Crippen LogP) is 4.81. The fourth-order valence-electron chi connectivity index (χ4n) is 3.53. The number of urea groups is 1. The molecule has 0 aliphatic carbocycles. The van der Waals surface area contributed by atoms with E-state index in [1.807, 2.05) is 35.7 Å². The van der Waals surface area contributed by atoms with Gasteiger partial charge in [-0.15, -0.1) is 11.3 Å². The monoisotopic (exact) mass is 453 g/mol. The maximum Gasteiger partial charge on any atom is 0.332 e. The van der Waals surface area contributed by atoms with Crippen LogP contribution in [0.1, 0.15) is 11.3 Å². The Balaban J connectivity index is 1.56. The molecule has 0 saturated carbocycles. The highest BCUT2D eigenvalue weighted by Crippen LogP contribution is 2.29. The fraction of sp³-hybridized carbons (Fsp3) is 0.174. The highest BCUT2D eigenvalue weighted by atomic mass is 35.5. The van der Waals surface area contributed by atoms with E-state index in [0.717, 1.165) is 9.78 Å². The molecule has 0 unspecified atom stereocenters. The van der Waals surface area contributed by atoms with Crippen LogP contribution in [0.15, 0.2) is 72.1 Å². The van der Waals surface area contributed by atoms with Gasteiger partial charge in [-0.2, -0.15) is 0 Å². The molecule has 0 radical (unpaired) electrons. The first-order valence-corrected chi connectivity index (χ1v) is 11.1. The first-order chi connectivity index (χ1) is 15.0. The number of hydrogen-bond acceptors (Lipinski definition) is 4. The molecule has 4 amide bonds. The summed E-state index contributed by atoms with van der Waals surface area (Å²) in [5.41, 5.74) is 1.04. The molecular formula is C23H20ClN3O3S. The van der Waals surface area contributed by atoms with Crippen LogP contribution in [-0.4, -0.2) is 35.3 Å². The standard InChI is InChI=1S/C23H20ClN3O3S/c24-16-6-4-9-18(14-16)27-22(29)20(15-21(28)25-17-7-2-1-3-8-17)26(23(27)30)12-11-19-10-5-13-31-19/h1-10,13-14,20H,11-12,15H2,(H,25,28)/t20-/m1/s1. The van der Waals surface area contributed by atoms with Crippen LogP contribution in [-0.2, 0) is 16.0 Å². The molecule has 8 heteroatoms. The molecule has 1 aliphatic heterocycles. The number of amides is 4. The molecule has 1 saturated heterocycles. The lowest BCUT2D eigenvalue weighted by atomic mass is 10.1. The minimum absolute atomic E-state index is 0.124. The summed E-state index contributed by atoms with van der Waals surface area (Å²) >= 11 is 7.66. The number of anilines is 2. The van der Waals surface area contributed by atoms with Crippen LogP contribution in [0.4, 0.5) is 16.2 Å². The number of thiophene rings is 1. The molecular weight excluding hydrogens is 434 g/mol. The van der Waals surface area contributed by atoms with Crippen molar-refractivity contribution >= 4 is 52.2 Å². The number of imide groups is 1. The Morgan fingerprint density at radius 3 is 2.55 bits per heavy atom. The minimum atomic E-state index is -0.879. The number of benzene rings is 2. The Kier molecular flexibility index (Phi) is 6.34. The lowest BCUT2D eigenvalue weighted by Gasteiger charge is -2.21. The van der Waals surface area contributed by atoms with Gasteiger partial charge in [0, 0.05) is 22.1 Å². The molecule has 0 spiro atoms. The van der Waals surface area contributed by atoms with E-state index in [1.54, 1.807) is 47.7 Å². The molecule has 0 bridgehead atoms. The van der Waals surface area contributed by atoms with Gasteiger partial charge in [-0.05, 0) is 48.2 Å². The van der Waals surface area contributed by atoms with Crippen molar-refractivity contribution in [2.24, 2.45) is 0 Å². The fourth-order valence-corrected chi connectivity index (χ4v) is 4.42. The van der Waals surface area contributed by atoms with E-state index in [-0.39, 0.29) is 12.3 Å². The van der Waals surface area contributed by atoms with Gasteiger partial charge in [0.1, 0.15) is 6.04 Å². The molecule has 1 aromatic heterocycles. The average Bonchev–Trinajstić information content (AvgIpc) is 3.34. The molecule has 6 nitrogen and oxygen atoms in total. The maximum atomic E-state index is 13.2. The van der Waals surface area contributed by atoms with Gasteiger partial charge in [0.15, 0.2) is 0 Å². The summed E-state index contributed by atoms with van der Waals surface area (Å²) in [6, 6.07) is 18.2. The van der Waals surface area contributed by atoms with Crippen molar-refractivity contribution in [3.8, 4) is 0 Å². The summed E-state index contributed by atoms with van der Waals surface area (Å²) in [6.07, 6.45) is 0.484. The van der Waals surface area contributed by atoms with Gasteiger partial charge >= 0.3 is 6.03 Å². The summed E-state index contributed by atoms with van der Waals surface area (Å²) in [6.45, 7) is 0.339. The van der Waals surface area contributed by atoms with Crippen LogP contribution in [0.2, 0.25) is 5.02 Å². The summed E-state index contributed by atoms with van der Waals surface area (Å²) < 4.78 is 0. The molecule has 1 N–H and O–H groups in total. The summed E-state index contributed by atoms with van der Waals surface area (Å²) in [4.78, 5) is 42.8. The second-order valence-electron chi connectivity index (χ2n) is 7.09. The SMILES string of the molecule is O=C(C[C@@H]1C(=O)N(c2cccc(Cl)c2)C(=O)N1CCc1cccs1)Nc1ccccc1. The van der Waals surface area contributed by atoms with E-state index in [0.29, 0.717) is 29.4 Å². The van der Waals surface area contributed by atoms with E-state index in [2.05, 4.69) is 5.32 Å². The molecule has 1 aliphatic rings. The number of rotatable bonds is 7. The van der Waals surface area contributed by atoms with Gasteiger partial charge < -0.3 is 10.2 Å². The summed E-state index contributed by atoms with van der Waals surface area (Å²) in [5, 5.41) is 5.18. The van der Waals surface area contributed by atoms with Gasteiger partial charge in [0.25, 0.3) is 5.91 Å². The zero-order valence-corrected chi connectivity index (χ0v) is 18.1. The third kappa shape index (κ3) is 4.78. The zero-order chi connectivity index (χ0) is 21.8. The highest BCUT2D eigenvalue weighted by molar-refractivity contribution is 7.09. The maximum absolute atomic E-state index is 13.2. The van der Waals surface area contributed by atoms with E-state index in [1.165, 1.54) is 4.90 Å². The topological polar surface area (TPSA) is 69.7 Å². The van der Waals surface area contributed by atoms with E-state index in [4.69, 9.17) is 11.6 Å². The largest absolute Gasteiger partial charge is 0.332 e. The molecule has 2 aromatic carbocycles. The Bertz CT molecular complexity index is 1090. The van der Waals surface area contributed by atoms with Crippen molar-refractivity contribution in [3.63, 3.8) is 0 Å². The van der Waals surface area contributed by atoms with Crippen molar-refractivity contribution in [1.82, 2.24) is 4.90 Å². The third-order valence-corrected chi connectivity index (χ3v) is 6.17. The number of nitrogens with one attached hydrogen (secondary N) is 1. The second-order valence-corrected chi connectivity index (χ2v) is 8.56. The number of carbonyl (C=O) groups excluding carboxylic acids is 3. The van der Waals surface area contributed by atoms with Crippen LogP contribution in [0.25, 0.3) is 0 Å². The lowest BCUT2D eigenvalue weighted by Crippen LogP contribution is -2.39. The van der Waals surface area contributed by atoms with Crippen LogP contribution in [0.3, 0.4) is 0 Å². The van der Waals surface area contributed by atoms with Crippen molar-refractivity contribution in [3.05, 3.63) is 82.0 Å². The van der Waals surface area contributed by atoms with Crippen molar-refractivity contribution < 1.29 is 14.4 Å². The van der Waals surface area contributed by atoms with Gasteiger partial charge in [-0.3, -0.25) is 9.59 Å². The molecule has 158 valence electrons. The Hall–Kier alpha value is -3.16. The van der Waals surface area contributed by atoms with Gasteiger partial charge in [0.05, 0.1) is 12.1 Å². The Morgan fingerprint density at radius 1 is 1.03 bits per heavy atom. The van der Waals surface area contributed by atoms with Gasteiger partial charge in [-0.25, -0.2) is 9.69 Å². The number of nitrogens with zero attached hydrogens (tertiary/aromatic N) is 2. The minimum Gasteiger partial charge on any atom is -0.326 e. The number of halogens is 1. The molecule has 1 atom stereocenters.